The Hall–Kier alpha value is -4.10. The van der Waals surface area contributed by atoms with E-state index in [1.807, 2.05) is 0 Å². The van der Waals surface area contributed by atoms with Crippen LogP contribution in [0.2, 0.25) is 0 Å². The minimum absolute atomic E-state index is 1.18. The molecule has 31 heavy (non-hydrogen) atoms. The zero-order chi connectivity index (χ0) is 20.6. The average molecular weight is 396 g/mol. The van der Waals surface area contributed by atoms with E-state index in [4.69, 9.17) is 0 Å². The Balaban J connectivity index is 1.85. The molecule has 1 nitrogen and oxygen atoms in total. The summed E-state index contributed by atoms with van der Waals surface area (Å²) in [6.45, 7) is 0. The summed E-state index contributed by atoms with van der Waals surface area (Å²) >= 11 is 0. The first-order chi connectivity index (χ1) is 15.4. The Morgan fingerprint density at radius 1 is 0.419 bits per heavy atom. The van der Waals surface area contributed by atoms with Crippen LogP contribution in [0.25, 0.3) is 49.7 Å². The summed E-state index contributed by atoms with van der Waals surface area (Å²) in [7, 11) is 0. The van der Waals surface area contributed by atoms with Gasteiger partial charge in [-0.05, 0) is 34.9 Å². The van der Waals surface area contributed by atoms with Gasteiger partial charge in [0.05, 0.1) is 11.0 Å². The number of nitrogens with zero attached hydrogens (tertiary/aromatic N) is 1. The molecule has 5 aromatic carbocycles. The second-order valence-corrected chi connectivity index (χ2v) is 7.80. The van der Waals surface area contributed by atoms with Gasteiger partial charge in [0.15, 0.2) is 0 Å². The topological polar surface area (TPSA) is 4.93 Å². The van der Waals surface area contributed by atoms with Gasteiger partial charge in [-0.25, -0.2) is 0 Å². The zero-order valence-corrected chi connectivity index (χ0v) is 17.1. The normalized spacial score (nSPS) is 11.2. The van der Waals surface area contributed by atoms with Gasteiger partial charge in [0.2, 0.25) is 0 Å². The van der Waals surface area contributed by atoms with Crippen molar-refractivity contribution in [3.63, 3.8) is 0 Å². The SMILES string of the molecule is c1ccc(-c2ccc3c4ccccc4n(-c4ccccc4)c3c2-c2ccccc2)cc1. The van der Waals surface area contributed by atoms with Gasteiger partial charge in [-0.1, -0.05) is 109 Å². The minimum Gasteiger partial charge on any atom is -0.309 e. The van der Waals surface area contributed by atoms with Crippen molar-refractivity contribution >= 4 is 21.8 Å². The van der Waals surface area contributed by atoms with Crippen molar-refractivity contribution < 1.29 is 0 Å². The van der Waals surface area contributed by atoms with Crippen molar-refractivity contribution in [2.45, 2.75) is 0 Å². The molecule has 0 aliphatic carbocycles. The number of hydrogen-bond acceptors (Lipinski definition) is 0. The van der Waals surface area contributed by atoms with Crippen LogP contribution >= 0.6 is 0 Å². The predicted molar refractivity (Wildman–Crippen MR) is 132 cm³/mol. The summed E-state index contributed by atoms with van der Waals surface area (Å²) in [5.41, 5.74) is 8.63. The fraction of sp³-hybridized carbons (Fsp3) is 0. The first-order valence-corrected chi connectivity index (χ1v) is 10.6. The fourth-order valence-corrected chi connectivity index (χ4v) is 4.66. The van der Waals surface area contributed by atoms with E-state index in [1.165, 1.54) is 49.7 Å². The quantitative estimate of drug-likeness (QED) is 0.285. The molecule has 0 saturated heterocycles. The van der Waals surface area contributed by atoms with Gasteiger partial charge in [-0.15, -0.1) is 0 Å². The molecule has 0 unspecified atom stereocenters. The molecule has 0 atom stereocenters. The molecule has 0 N–H and O–H groups in total. The van der Waals surface area contributed by atoms with Crippen molar-refractivity contribution in [1.29, 1.82) is 0 Å². The maximum absolute atomic E-state index is 2.42. The lowest BCUT2D eigenvalue weighted by atomic mass is 9.92. The van der Waals surface area contributed by atoms with Crippen LogP contribution in [-0.2, 0) is 0 Å². The maximum atomic E-state index is 2.42. The highest BCUT2D eigenvalue weighted by molar-refractivity contribution is 6.16. The minimum atomic E-state index is 1.18. The Kier molecular flexibility index (Phi) is 4.18. The summed E-state index contributed by atoms with van der Waals surface area (Å²) in [6, 6.07) is 45.4. The molecule has 6 aromatic rings. The van der Waals surface area contributed by atoms with Crippen LogP contribution in [0.3, 0.4) is 0 Å². The molecule has 146 valence electrons. The van der Waals surface area contributed by atoms with Crippen LogP contribution in [0, 0.1) is 0 Å². The molecule has 0 fully saturated rings. The molecule has 0 bridgehead atoms. The third-order valence-electron chi connectivity index (χ3n) is 6.00. The van der Waals surface area contributed by atoms with Gasteiger partial charge < -0.3 is 4.57 Å². The van der Waals surface area contributed by atoms with Gasteiger partial charge in [-0.3, -0.25) is 0 Å². The largest absolute Gasteiger partial charge is 0.309 e. The van der Waals surface area contributed by atoms with Crippen LogP contribution < -0.4 is 0 Å². The Morgan fingerprint density at radius 2 is 1.00 bits per heavy atom. The van der Waals surface area contributed by atoms with Crippen molar-refractivity contribution in [3.8, 4) is 27.9 Å². The summed E-state index contributed by atoms with van der Waals surface area (Å²) in [5, 5.41) is 2.55. The lowest BCUT2D eigenvalue weighted by Crippen LogP contribution is -1.96. The first-order valence-electron chi connectivity index (χ1n) is 10.6. The van der Waals surface area contributed by atoms with Crippen LogP contribution in [-0.4, -0.2) is 4.57 Å². The molecule has 1 aromatic heterocycles. The molecule has 6 rings (SSSR count). The van der Waals surface area contributed by atoms with Crippen molar-refractivity contribution in [3.05, 3.63) is 127 Å². The molecular weight excluding hydrogens is 374 g/mol. The van der Waals surface area contributed by atoms with E-state index in [0.29, 0.717) is 0 Å². The number of hydrogen-bond donors (Lipinski definition) is 0. The van der Waals surface area contributed by atoms with Crippen LogP contribution in [0.5, 0.6) is 0 Å². The summed E-state index contributed by atoms with van der Waals surface area (Å²) in [4.78, 5) is 0. The van der Waals surface area contributed by atoms with Crippen molar-refractivity contribution in [1.82, 2.24) is 4.57 Å². The monoisotopic (exact) mass is 395 g/mol. The van der Waals surface area contributed by atoms with Gasteiger partial charge in [0.1, 0.15) is 0 Å². The molecule has 0 saturated carbocycles. The summed E-state index contributed by atoms with van der Waals surface area (Å²) < 4.78 is 2.42. The Morgan fingerprint density at radius 3 is 1.71 bits per heavy atom. The highest BCUT2D eigenvalue weighted by Gasteiger charge is 2.19. The molecule has 0 aliphatic rings. The number of aromatic nitrogens is 1. The van der Waals surface area contributed by atoms with E-state index < -0.39 is 0 Å². The van der Waals surface area contributed by atoms with Crippen molar-refractivity contribution in [2.75, 3.05) is 0 Å². The van der Waals surface area contributed by atoms with E-state index in [2.05, 4.69) is 132 Å². The molecular formula is C30H21N. The van der Waals surface area contributed by atoms with Gasteiger partial charge in [0.25, 0.3) is 0 Å². The molecule has 1 heterocycles. The summed E-state index contributed by atoms with van der Waals surface area (Å²) in [6.07, 6.45) is 0. The third kappa shape index (κ3) is 2.86. The average Bonchev–Trinajstić information content (AvgIpc) is 3.19. The van der Waals surface area contributed by atoms with Crippen LogP contribution in [0.4, 0.5) is 0 Å². The van der Waals surface area contributed by atoms with E-state index in [-0.39, 0.29) is 0 Å². The maximum Gasteiger partial charge on any atom is 0.0625 e. The molecule has 1 heteroatoms. The third-order valence-corrected chi connectivity index (χ3v) is 6.00. The fourth-order valence-electron chi connectivity index (χ4n) is 4.66. The molecule has 0 spiro atoms. The predicted octanol–water partition coefficient (Wildman–Crippen LogP) is 8.12. The van der Waals surface area contributed by atoms with Gasteiger partial charge >= 0.3 is 0 Å². The highest BCUT2D eigenvalue weighted by Crippen LogP contribution is 2.43. The summed E-state index contributed by atoms with van der Waals surface area (Å²) in [5.74, 6) is 0. The standard InChI is InChI=1S/C30H21N/c1-4-12-22(13-5-1)25-20-21-27-26-18-10-11-19-28(26)31(24-16-8-3-9-17-24)30(27)29(25)23-14-6-2-7-15-23/h1-21H. The lowest BCUT2D eigenvalue weighted by Gasteiger charge is -2.16. The van der Waals surface area contributed by atoms with Crippen LogP contribution in [0.15, 0.2) is 127 Å². The van der Waals surface area contributed by atoms with Gasteiger partial charge in [0, 0.05) is 22.0 Å². The Labute approximate surface area is 181 Å². The smallest absolute Gasteiger partial charge is 0.0625 e. The number of rotatable bonds is 3. The van der Waals surface area contributed by atoms with E-state index in [0.717, 1.165) is 0 Å². The Bertz CT molecular complexity index is 1490. The highest BCUT2D eigenvalue weighted by atomic mass is 15.0. The lowest BCUT2D eigenvalue weighted by molar-refractivity contribution is 1.18. The van der Waals surface area contributed by atoms with E-state index >= 15 is 0 Å². The molecule has 0 amide bonds. The second kappa shape index (κ2) is 7.30. The van der Waals surface area contributed by atoms with Gasteiger partial charge in [-0.2, -0.15) is 0 Å². The zero-order valence-electron chi connectivity index (χ0n) is 17.1. The van der Waals surface area contributed by atoms with Crippen LogP contribution in [0.1, 0.15) is 0 Å². The molecule has 0 aliphatic heterocycles. The number of benzene rings is 5. The second-order valence-electron chi connectivity index (χ2n) is 7.80. The molecule has 0 radical (unpaired) electrons. The van der Waals surface area contributed by atoms with E-state index in [9.17, 15) is 0 Å². The number of fused-ring (bicyclic) bond motifs is 3. The van der Waals surface area contributed by atoms with Crippen molar-refractivity contribution in [2.24, 2.45) is 0 Å². The number of para-hydroxylation sites is 2. The van der Waals surface area contributed by atoms with E-state index in [1.54, 1.807) is 0 Å². The first kappa shape index (κ1) is 17.7.